The van der Waals surface area contributed by atoms with E-state index in [4.69, 9.17) is 14.9 Å². The molecule has 2 aromatic rings. The summed E-state index contributed by atoms with van der Waals surface area (Å²) in [5.74, 6) is 1.67. The lowest BCUT2D eigenvalue weighted by atomic mass is 10.1. The summed E-state index contributed by atoms with van der Waals surface area (Å²) in [6.07, 6.45) is 1.71. The van der Waals surface area contributed by atoms with Crippen LogP contribution in [0.5, 0.6) is 5.75 Å². The van der Waals surface area contributed by atoms with Crippen LogP contribution in [0.25, 0.3) is 0 Å². The first-order valence-electron chi connectivity index (χ1n) is 5.53. The molecule has 0 saturated heterocycles. The van der Waals surface area contributed by atoms with E-state index >= 15 is 0 Å². The van der Waals surface area contributed by atoms with Crippen LogP contribution in [0.3, 0.4) is 0 Å². The Morgan fingerprint density at radius 3 is 2.82 bits per heavy atom. The molecule has 0 radical (unpaired) electrons. The lowest BCUT2D eigenvalue weighted by Gasteiger charge is -2.03. The molecule has 0 bridgehead atoms. The van der Waals surface area contributed by atoms with E-state index in [9.17, 15) is 0 Å². The van der Waals surface area contributed by atoms with Crippen molar-refractivity contribution in [2.45, 2.75) is 19.8 Å². The molecule has 1 heterocycles. The van der Waals surface area contributed by atoms with Gasteiger partial charge in [0.05, 0.1) is 12.8 Å². The quantitative estimate of drug-likeness (QED) is 0.879. The molecule has 0 aliphatic carbocycles. The van der Waals surface area contributed by atoms with Gasteiger partial charge in [0, 0.05) is 0 Å². The molecule has 0 saturated carbocycles. The van der Waals surface area contributed by atoms with Gasteiger partial charge in [0.25, 0.3) is 6.01 Å². The topological polar surface area (TPSA) is 61.3 Å². The van der Waals surface area contributed by atoms with E-state index in [1.807, 2.05) is 25.1 Å². The van der Waals surface area contributed by atoms with Gasteiger partial charge >= 0.3 is 0 Å². The molecule has 0 aliphatic rings. The monoisotopic (exact) mass is 232 g/mol. The Labute approximate surface area is 100 Å². The van der Waals surface area contributed by atoms with E-state index in [0.29, 0.717) is 0 Å². The molecule has 4 heteroatoms. The van der Waals surface area contributed by atoms with Crippen LogP contribution in [0.1, 0.15) is 17.0 Å². The van der Waals surface area contributed by atoms with Crippen molar-refractivity contribution in [2.24, 2.45) is 0 Å². The number of nitrogen functional groups attached to an aromatic ring is 1. The van der Waals surface area contributed by atoms with Crippen molar-refractivity contribution in [3.63, 3.8) is 0 Å². The van der Waals surface area contributed by atoms with E-state index in [-0.39, 0.29) is 6.01 Å². The first-order chi connectivity index (χ1) is 8.19. The summed E-state index contributed by atoms with van der Waals surface area (Å²) in [6.45, 7) is 1.88. The Balaban J connectivity index is 2.04. The van der Waals surface area contributed by atoms with Gasteiger partial charge in [0.1, 0.15) is 11.5 Å². The molecule has 1 aromatic heterocycles. The Bertz CT molecular complexity index is 506. The number of aromatic nitrogens is 1. The average molecular weight is 232 g/mol. The fourth-order valence-corrected chi connectivity index (χ4v) is 1.77. The normalized spacial score (nSPS) is 10.5. The van der Waals surface area contributed by atoms with Gasteiger partial charge in [-0.3, -0.25) is 0 Å². The molecule has 90 valence electrons. The summed E-state index contributed by atoms with van der Waals surface area (Å²) >= 11 is 0. The van der Waals surface area contributed by atoms with Gasteiger partial charge in [0.2, 0.25) is 0 Å². The van der Waals surface area contributed by atoms with Gasteiger partial charge in [0.15, 0.2) is 0 Å². The number of hydrogen-bond acceptors (Lipinski definition) is 4. The molecule has 2 N–H and O–H groups in total. The number of hydrogen-bond donors (Lipinski definition) is 1. The van der Waals surface area contributed by atoms with Crippen LogP contribution >= 0.6 is 0 Å². The van der Waals surface area contributed by atoms with Crippen LogP contribution in [0.4, 0.5) is 6.01 Å². The van der Waals surface area contributed by atoms with Gasteiger partial charge in [-0.15, -0.1) is 0 Å². The fourth-order valence-electron chi connectivity index (χ4n) is 1.77. The first kappa shape index (κ1) is 11.5. The van der Waals surface area contributed by atoms with Crippen molar-refractivity contribution in [3.8, 4) is 5.75 Å². The highest BCUT2D eigenvalue weighted by Gasteiger charge is 2.07. The van der Waals surface area contributed by atoms with E-state index < -0.39 is 0 Å². The summed E-state index contributed by atoms with van der Waals surface area (Å²) in [6, 6.07) is 8.25. The minimum Gasteiger partial charge on any atom is -0.497 e. The van der Waals surface area contributed by atoms with E-state index in [1.165, 1.54) is 5.56 Å². The highest BCUT2D eigenvalue weighted by molar-refractivity contribution is 5.29. The lowest BCUT2D eigenvalue weighted by Crippen LogP contribution is -1.95. The molecule has 0 atom stereocenters. The van der Waals surface area contributed by atoms with Crippen molar-refractivity contribution < 1.29 is 9.15 Å². The largest absolute Gasteiger partial charge is 0.497 e. The third kappa shape index (κ3) is 2.78. The zero-order valence-electron chi connectivity index (χ0n) is 10.1. The predicted molar refractivity (Wildman–Crippen MR) is 66.1 cm³/mol. The highest BCUT2D eigenvalue weighted by Crippen LogP contribution is 2.17. The van der Waals surface area contributed by atoms with Crippen LogP contribution < -0.4 is 10.5 Å². The molecule has 0 amide bonds. The minimum atomic E-state index is 0.239. The van der Waals surface area contributed by atoms with E-state index in [1.54, 1.807) is 7.11 Å². The maximum Gasteiger partial charge on any atom is 0.292 e. The Morgan fingerprint density at radius 2 is 2.18 bits per heavy atom. The number of oxazole rings is 1. The van der Waals surface area contributed by atoms with Crippen LogP contribution in [-0.4, -0.2) is 12.1 Å². The first-order valence-corrected chi connectivity index (χ1v) is 5.53. The van der Waals surface area contributed by atoms with Crippen LogP contribution in [0, 0.1) is 6.92 Å². The molecule has 0 aliphatic heterocycles. The summed E-state index contributed by atoms with van der Waals surface area (Å²) in [5.41, 5.74) is 7.63. The minimum absolute atomic E-state index is 0.239. The number of methoxy groups -OCH3 is 1. The van der Waals surface area contributed by atoms with Crippen molar-refractivity contribution in [2.75, 3.05) is 12.8 Å². The third-order valence-corrected chi connectivity index (χ3v) is 2.69. The molecule has 1 aromatic carbocycles. The van der Waals surface area contributed by atoms with E-state index in [2.05, 4.69) is 11.1 Å². The number of nitrogens with zero attached hydrogens (tertiary/aromatic N) is 1. The molecule has 0 spiro atoms. The highest BCUT2D eigenvalue weighted by atomic mass is 16.5. The zero-order chi connectivity index (χ0) is 12.3. The van der Waals surface area contributed by atoms with Crippen molar-refractivity contribution >= 4 is 6.01 Å². The molecule has 2 rings (SSSR count). The van der Waals surface area contributed by atoms with Crippen molar-refractivity contribution in [3.05, 3.63) is 41.3 Å². The van der Waals surface area contributed by atoms with Crippen LogP contribution in [-0.2, 0) is 12.8 Å². The average Bonchev–Trinajstić information content (AvgIpc) is 2.65. The number of ether oxygens (including phenoxy) is 1. The molecular formula is C13H16N2O2. The number of nitrogens with two attached hydrogens (primary N) is 1. The number of aryl methyl sites for hydroxylation is 3. The zero-order valence-corrected chi connectivity index (χ0v) is 10.1. The number of rotatable bonds is 4. The van der Waals surface area contributed by atoms with Crippen LogP contribution in [0.15, 0.2) is 28.7 Å². The summed E-state index contributed by atoms with van der Waals surface area (Å²) < 4.78 is 10.4. The molecule has 0 fully saturated rings. The summed E-state index contributed by atoms with van der Waals surface area (Å²) in [7, 11) is 1.67. The van der Waals surface area contributed by atoms with Crippen LogP contribution in [0.2, 0.25) is 0 Å². The van der Waals surface area contributed by atoms with Gasteiger partial charge in [-0.1, -0.05) is 12.1 Å². The Hall–Kier alpha value is -1.97. The second-order valence-electron chi connectivity index (χ2n) is 3.91. The molecular weight excluding hydrogens is 216 g/mol. The maximum absolute atomic E-state index is 5.50. The van der Waals surface area contributed by atoms with Gasteiger partial charge < -0.3 is 14.9 Å². The standard InChI is InChI=1S/C13H16N2O2/c1-9-12(15-13(14)17-9)7-6-10-4-3-5-11(8-10)16-2/h3-5,8H,6-7H2,1-2H3,(H2,14,15). The summed E-state index contributed by atoms with van der Waals surface area (Å²) in [4.78, 5) is 4.15. The lowest BCUT2D eigenvalue weighted by molar-refractivity contribution is 0.414. The number of benzene rings is 1. The summed E-state index contributed by atoms with van der Waals surface area (Å²) in [5, 5.41) is 0. The number of anilines is 1. The smallest absolute Gasteiger partial charge is 0.292 e. The van der Waals surface area contributed by atoms with Crippen molar-refractivity contribution in [1.82, 2.24) is 4.98 Å². The Morgan fingerprint density at radius 1 is 1.35 bits per heavy atom. The maximum atomic E-state index is 5.50. The van der Waals surface area contributed by atoms with E-state index in [0.717, 1.165) is 30.0 Å². The Kier molecular flexibility index (Phi) is 3.32. The second-order valence-corrected chi connectivity index (χ2v) is 3.91. The SMILES string of the molecule is COc1cccc(CCc2nc(N)oc2C)c1. The third-order valence-electron chi connectivity index (χ3n) is 2.69. The molecule has 17 heavy (non-hydrogen) atoms. The second kappa shape index (κ2) is 4.91. The van der Waals surface area contributed by atoms with Gasteiger partial charge in [-0.25, -0.2) is 0 Å². The van der Waals surface area contributed by atoms with Gasteiger partial charge in [-0.05, 0) is 37.5 Å². The van der Waals surface area contributed by atoms with Gasteiger partial charge in [-0.2, -0.15) is 4.98 Å². The fraction of sp³-hybridized carbons (Fsp3) is 0.308. The predicted octanol–water partition coefficient (Wildman–Crippen LogP) is 2.36. The molecule has 4 nitrogen and oxygen atoms in total. The van der Waals surface area contributed by atoms with Crippen molar-refractivity contribution in [1.29, 1.82) is 0 Å². The molecule has 0 unspecified atom stereocenters.